The maximum atomic E-state index is 14.3. The van der Waals surface area contributed by atoms with E-state index in [1.54, 1.807) is 12.3 Å². The number of hydrogen-bond acceptors (Lipinski definition) is 5. The molecule has 0 unspecified atom stereocenters. The number of hydrogen-bond donors (Lipinski definition) is 2. The largest absolute Gasteiger partial charge is 0.384 e. The lowest BCUT2D eigenvalue weighted by atomic mass is 9.80. The number of nitrogens with zero attached hydrogens (tertiary/aromatic N) is 2. The van der Waals surface area contributed by atoms with Gasteiger partial charge < -0.3 is 10.3 Å². The highest BCUT2D eigenvalue weighted by Gasteiger charge is 2.41. The number of carbonyl (C=O) groups is 1. The summed E-state index contributed by atoms with van der Waals surface area (Å²) in [7, 11) is 0. The van der Waals surface area contributed by atoms with Crippen LogP contribution in [0.4, 0.5) is 16.1 Å². The molecule has 1 saturated carbocycles. The molecule has 1 amide bonds. The molecule has 3 N–H and O–H groups in total. The highest BCUT2D eigenvalue weighted by molar-refractivity contribution is 5.91. The minimum Gasteiger partial charge on any atom is -0.384 e. The second kappa shape index (κ2) is 6.83. The quantitative estimate of drug-likeness (QED) is 0.715. The van der Waals surface area contributed by atoms with Gasteiger partial charge in [-0.1, -0.05) is 29.4 Å². The first kappa shape index (κ1) is 17.2. The number of carbonyl (C=O) groups excluding carboxylic acids is 1. The fourth-order valence-electron chi connectivity index (χ4n) is 3.05. The van der Waals surface area contributed by atoms with Crippen LogP contribution in [-0.4, -0.2) is 16.0 Å². The molecule has 138 valence electrons. The summed E-state index contributed by atoms with van der Waals surface area (Å²) in [6.45, 7) is 0. The first-order chi connectivity index (χ1) is 13.0. The Hall–Kier alpha value is -3.22. The summed E-state index contributed by atoms with van der Waals surface area (Å²) in [5.41, 5.74) is 7.23. The summed E-state index contributed by atoms with van der Waals surface area (Å²) in [5, 5.41) is 6.37. The van der Waals surface area contributed by atoms with Crippen molar-refractivity contribution in [3.8, 4) is 11.1 Å². The lowest BCUT2D eigenvalue weighted by molar-refractivity contribution is -0.115. The lowest BCUT2D eigenvalue weighted by Gasteiger charge is -2.31. The highest BCUT2D eigenvalue weighted by atomic mass is 19.1. The van der Waals surface area contributed by atoms with E-state index < -0.39 is 5.67 Å². The Labute approximate surface area is 155 Å². The van der Waals surface area contributed by atoms with E-state index in [2.05, 4.69) is 15.5 Å². The van der Waals surface area contributed by atoms with Gasteiger partial charge in [0, 0.05) is 17.8 Å². The Kier molecular flexibility index (Phi) is 4.35. The Balaban J connectivity index is 1.37. The van der Waals surface area contributed by atoms with Crippen LogP contribution in [0.3, 0.4) is 0 Å². The van der Waals surface area contributed by atoms with Crippen molar-refractivity contribution in [1.82, 2.24) is 10.1 Å². The van der Waals surface area contributed by atoms with Crippen molar-refractivity contribution in [2.45, 2.75) is 31.4 Å². The average Bonchev–Trinajstić information content (AvgIpc) is 3.10. The summed E-state index contributed by atoms with van der Waals surface area (Å²) < 4.78 is 19.3. The van der Waals surface area contributed by atoms with Gasteiger partial charge in [0.2, 0.25) is 11.8 Å². The fourth-order valence-corrected chi connectivity index (χ4v) is 3.05. The normalized spacial score (nSPS) is 15.1. The van der Waals surface area contributed by atoms with Crippen LogP contribution in [0.25, 0.3) is 11.1 Å². The standard InChI is InChI=1S/C20H19FN4O2/c21-20(8-1-9-20)16-11-19(27-25-16)24-18(26)10-13-2-4-14(5-3-13)15-6-7-17(22)23-12-15/h2-7,11-12H,1,8-10H2,(H2,22,23)(H,24,26). The summed E-state index contributed by atoms with van der Waals surface area (Å²) in [6, 6.07) is 12.7. The van der Waals surface area contributed by atoms with Crippen molar-refractivity contribution in [1.29, 1.82) is 0 Å². The zero-order valence-corrected chi connectivity index (χ0v) is 14.6. The van der Waals surface area contributed by atoms with Gasteiger partial charge in [0.05, 0.1) is 6.42 Å². The van der Waals surface area contributed by atoms with Gasteiger partial charge in [0.25, 0.3) is 0 Å². The number of aromatic nitrogens is 2. The summed E-state index contributed by atoms with van der Waals surface area (Å²) in [5.74, 6) is 0.392. The number of amides is 1. The van der Waals surface area contributed by atoms with Crippen LogP contribution in [-0.2, 0) is 16.9 Å². The molecule has 1 aliphatic carbocycles. The van der Waals surface area contributed by atoms with Gasteiger partial charge in [-0.15, -0.1) is 0 Å². The van der Waals surface area contributed by atoms with Crippen molar-refractivity contribution < 1.29 is 13.7 Å². The number of anilines is 2. The number of nitrogens with two attached hydrogens (primary N) is 1. The van der Waals surface area contributed by atoms with Gasteiger partial charge in [-0.2, -0.15) is 0 Å². The Morgan fingerprint density at radius 2 is 1.93 bits per heavy atom. The zero-order chi connectivity index (χ0) is 18.9. The second-order valence-electron chi connectivity index (χ2n) is 6.79. The number of nitrogens with one attached hydrogen (secondary N) is 1. The van der Waals surface area contributed by atoms with Gasteiger partial charge in [0.15, 0.2) is 5.67 Å². The molecule has 2 heterocycles. The van der Waals surface area contributed by atoms with Crippen molar-refractivity contribution in [3.05, 3.63) is 59.9 Å². The molecule has 0 radical (unpaired) electrons. The first-order valence-corrected chi connectivity index (χ1v) is 8.79. The molecule has 6 nitrogen and oxygen atoms in total. The predicted octanol–water partition coefficient (Wildman–Crippen LogP) is 3.85. The van der Waals surface area contributed by atoms with Gasteiger partial charge in [0.1, 0.15) is 11.5 Å². The van der Waals surface area contributed by atoms with Crippen LogP contribution in [0.15, 0.2) is 53.2 Å². The topological polar surface area (TPSA) is 94.0 Å². The zero-order valence-electron chi connectivity index (χ0n) is 14.6. The van der Waals surface area contributed by atoms with Crippen molar-refractivity contribution >= 4 is 17.6 Å². The minimum atomic E-state index is -1.40. The molecular weight excluding hydrogens is 347 g/mol. The number of nitrogen functional groups attached to an aromatic ring is 1. The molecule has 1 aliphatic rings. The number of alkyl halides is 1. The van der Waals surface area contributed by atoms with E-state index in [0.717, 1.165) is 23.1 Å². The molecule has 1 aromatic carbocycles. The van der Waals surface area contributed by atoms with E-state index in [9.17, 15) is 9.18 Å². The third kappa shape index (κ3) is 3.67. The Morgan fingerprint density at radius 3 is 2.56 bits per heavy atom. The molecule has 0 atom stereocenters. The maximum Gasteiger partial charge on any atom is 0.231 e. The van der Waals surface area contributed by atoms with Crippen LogP contribution in [0, 0.1) is 0 Å². The minimum absolute atomic E-state index is 0.170. The number of benzene rings is 1. The monoisotopic (exact) mass is 366 g/mol. The number of halogens is 1. The van der Waals surface area contributed by atoms with Crippen LogP contribution >= 0.6 is 0 Å². The first-order valence-electron chi connectivity index (χ1n) is 8.79. The third-order valence-corrected chi connectivity index (χ3v) is 4.82. The van der Waals surface area contributed by atoms with Crippen LogP contribution in [0.1, 0.15) is 30.5 Å². The third-order valence-electron chi connectivity index (χ3n) is 4.82. The van der Waals surface area contributed by atoms with E-state index in [-0.39, 0.29) is 23.9 Å². The van der Waals surface area contributed by atoms with E-state index >= 15 is 0 Å². The molecule has 3 aromatic rings. The van der Waals surface area contributed by atoms with E-state index in [1.165, 1.54) is 6.07 Å². The smallest absolute Gasteiger partial charge is 0.231 e. The van der Waals surface area contributed by atoms with Crippen molar-refractivity contribution in [2.24, 2.45) is 0 Å². The van der Waals surface area contributed by atoms with E-state index in [4.69, 9.17) is 10.3 Å². The highest BCUT2D eigenvalue weighted by Crippen LogP contribution is 2.44. The Bertz CT molecular complexity index is 947. The van der Waals surface area contributed by atoms with Gasteiger partial charge in [-0.25, -0.2) is 9.37 Å². The molecule has 4 rings (SSSR count). The fraction of sp³-hybridized carbons (Fsp3) is 0.250. The SMILES string of the molecule is Nc1ccc(-c2ccc(CC(=O)Nc3cc(C4(F)CCC4)no3)cc2)cn1. The average molecular weight is 366 g/mol. The molecule has 2 aromatic heterocycles. The van der Waals surface area contributed by atoms with Crippen molar-refractivity contribution in [2.75, 3.05) is 11.1 Å². The van der Waals surface area contributed by atoms with Gasteiger partial charge in [-0.05, 0) is 42.5 Å². The van der Waals surface area contributed by atoms with E-state index in [1.807, 2.05) is 30.3 Å². The maximum absolute atomic E-state index is 14.3. The summed E-state index contributed by atoms with van der Waals surface area (Å²) >= 11 is 0. The molecule has 0 bridgehead atoms. The van der Waals surface area contributed by atoms with Gasteiger partial charge in [-0.3, -0.25) is 10.1 Å². The Morgan fingerprint density at radius 1 is 1.19 bits per heavy atom. The van der Waals surface area contributed by atoms with Crippen LogP contribution in [0.5, 0.6) is 0 Å². The molecular formula is C20H19FN4O2. The molecule has 0 spiro atoms. The number of pyridine rings is 1. The molecule has 1 fully saturated rings. The second-order valence-corrected chi connectivity index (χ2v) is 6.79. The molecule has 0 saturated heterocycles. The molecule has 27 heavy (non-hydrogen) atoms. The van der Waals surface area contributed by atoms with Gasteiger partial charge >= 0.3 is 0 Å². The van der Waals surface area contributed by atoms with Crippen LogP contribution in [0.2, 0.25) is 0 Å². The predicted molar refractivity (Wildman–Crippen MR) is 99.6 cm³/mol. The summed E-state index contributed by atoms with van der Waals surface area (Å²) in [4.78, 5) is 16.3. The number of rotatable bonds is 5. The van der Waals surface area contributed by atoms with Crippen LogP contribution < -0.4 is 11.1 Å². The lowest BCUT2D eigenvalue weighted by Crippen LogP contribution is -2.28. The molecule has 7 heteroatoms. The van der Waals surface area contributed by atoms with E-state index in [0.29, 0.717) is 18.7 Å². The summed E-state index contributed by atoms with van der Waals surface area (Å²) in [6.07, 6.45) is 3.62. The molecule has 0 aliphatic heterocycles. The van der Waals surface area contributed by atoms with Crippen molar-refractivity contribution in [3.63, 3.8) is 0 Å².